The van der Waals surface area contributed by atoms with Gasteiger partial charge in [0.1, 0.15) is 0 Å². The molecule has 0 atom stereocenters. The first-order valence-corrected chi connectivity index (χ1v) is 17.8. The van der Waals surface area contributed by atoms with Crippen molar-refractivity contribution in [2.45, 2.75) is 35.5 Å². The third-order valence-corrected chi connectivity index (χ3v) is 9.92. The largest absolute Gasteiger partial charge is 0.341 e. The van der Waals surface area contributed by atoms with Crippen LogP contribution < -0.4 is 9.80 Å². The van der Waals surface area contributed by atoms with Crippen LogP contribution in [0.15, 0.2) is 94.7 Å². The van der Waals surface area contributed by atoms with Gasteiger partial charge in [0.15, 0.2) is 0 Å². The zero-order valence-corrected chi connectivity index (χ0v) is 26.9. The predicted octanol–water partition coefficient (Wildman–Crippen LogP) is 8.58. The fourth-order valence-corrected chi connectivity index (χ4v) is 6.76. The van der Waals surface area contributed by atoms with Crippen molar-refractivity contribution in [3.63, 3.8) is 0 Å². The molecule has 0 aliphatic carbocycles. The quantitative estimate of drug-likeness (QED) is 0.161. The maximum Gasteiger partial charge on any atom is 0.226 e. The Balaban J connectivity index is 1.30. The molecule has 0 unspecified atom stereocenters. The molecule has 7 rings (SSSR count). The van der Waals surface area contributed by atoms with E-state index in [9.17, 15) is 0 Å². The Labute approximate surface area is 268 Å². The van der Waals surface area contributed by atoms with Crippen LogP contribution in [0.2, 0.25) is 0 Å². The molecule has 0 spiro atoms. The summed E-state index contributed by atoms with van der Waals surface area (Å²) < 4.78 is 0. The third-order valence-electron chi connectivity index (χ3n) is 8.43. The maximum absolute atomic E-state index is 5.11. The summed E-state index contributed by atoms with van der Waals surface area (Å²) in [6.07, 6.45) is 8.91. The molecule has 2 aliphatic rings. The second kappa shape index (κ2) is 13.0. The number of rotatable bonds is 8. The lowest BCUT2D eigenvalue weighted by atomic mass is 10.0. The minimum absolute atomic E-state index is 0.809. The number of hydrogen-bond acceptors (Lipinski definition) is 8. The second-order valence-electron chi connectivity index (χ2n) is 11.3. The fraction of sp³-hybridized carbons (Fsp3) is 0.278. The highest BCUT2D eigenvalue weighted by atomic mass is 32.2. The molecule has 3 aromatic carbocycles. The van der Waals surface area contributed by atoms with Crippen molar-refractivity contribution in [2.75, 3.05) is 48.5 Å². The monoisotopic (exact) mass is 616 g/mol. The molecule has 0 radical (unpaired) electrons. The van der Waals surface area contributed by atoms with Crippen molar-refractivity contribution >= 4 is 35.4 Å². The summed E-state index contributed by atoms with van der Waals surface area (Å²) in [7, 11) is 0. The van der Waals surface area contributed by atoms with E-state index < -0.39 is 0 Å². The molecule has 2 fully saturated rings. The molecule has 6 nitrogen and oxygen atoms in total. The molecule has 2 aliphatic heterocycles. The van der Waals surface area contributed by atoms with Crippen molar-refractivity contribution in [1.82, 2.24) is 19.9 Å². The Morgan fingerprint density at radius 2 is 0.818 bits per heavy atom. The Hall–Kier alpha value is -3.88. The standard InChI is InChI=1S/C36H36N6S2/c1-43-29-14-10-25(11-15-29)31-23-33(39-35(37-31)41-18-3-4-19-41)27-8-7-9-28(22-27)34-24-32(26-12-16-30(44-2)17-13-26)38-36(40-34)42-20-5-6-21-42/h7-17,22-24H,3-6,18-21H2,1-2H3. The number of hydrogen-bond donors (Lipinski definition) is 0. The average Bonchev–Trinajstić information content (AvgIpc) is 3.84. The Bertz CT molecular complexity index is 1620. The van der Waals surface area contributed by atoms with E-state index in [2.05, 4.69) is 107 Å². The van der Waals surface area contributed by atoms with E-state index in [1.54, 1.807) is 23.5 Å². The van der Waals surface area contributed by atoms with Gasteiger partial charge in [-0.2, -0.15) is 0 Å². The van der Waals surface area contributed by atoms with Crippen LogP contribution in [0.5, 0.6) is 0 Å². The lowest BCUT2D eigenvalue weighted by Gasteiger charge is -2.18. The number of anilines is 2. The Morgan fingerprint density at radius 1 is 0.455 bits per heavy atom. The van der Waals surface area contributed by atoms with Crippen molar-refractivity contribution < 1.29 is 0 Å². The van der Waals surface area contributed by atoms with Gasteiger partial charge in [-0.25, -0.2) is 19.9 Å². The second-order valence-corrected chi connectivity index (χ2v) is 13.1. The topological polar surface area (TPSA) is 58.0 Å². The van der Waals surface area contributed by atoms with E-state index in [4.69, 9.17) is 19.9 Å². The van der Waals surface area contributed by atoms with Gasteiger partial charge >= 0.3 is 0 Å². The highest BCUT2D eigenvalue weighted by molar-refractivity contribution is 7.98. The fourth-order valence-electron chi connectivity index (χ4n) is 5.94. The molecule has 4 heterocycles. The molecule has 0 amide bonds. The van der Waals surface area contributed by atoms with E-state index in [1.807, 2.05) is 0 Å². The van der Waals surface area contributed by atoms with Gasteiger partial charge in [0.05, 0.1) is 22.8 Å². The highest BCUT2D eigenvalue weighted by Gasteiger charge is 2.20. The zero-order chi connectivity index (χ0) is 29.9. The first kappa shape index (κ1) is 28.9. The summed E-state index contributed by atoms with van der Waals surface area (Å²) in [5.74, 6) is 1.62. The first-order chi connectivity index (χ1) is 21.7. The summed E-state index contributed by atoms with van der Waals surface area (Å²) in [5.41, 5.74) is 8.06. The minimum Gasteiger partial charge on any atom is -0.341 e. The number of benzene rings is 3. The number of nitrogens with zero attached hydrogens (tertiary/aromatic N) is 6. The van der Waals surface area contributed by atoms with Crippen LogP contribution in [0.1, 0.15) is 25.7 Å². The van der Waals surface area contributed by atoms with Gasteiger partial charge in [-0.3, -0.25) is 0 Å². The van der Waals surface area contributed by atoms with Crippen molar-refractivity contribution in [1.29, 1.82) is 0 Å². The van der Waals surface area contributed by atoms with Crippen molar-refractivity contribution in [3.8, 4) is 45.0 Å². The van der Waals surface area contributed by atoms with Gasteiger partial charge in [0.2, 0.25) is 11.9 Å². The summed E-state index contributed by atoms with van der Waals surface area (Å²) in [4.78, 5) is 27.4. The van der Waals surface area contributed by atoms with Crippen LogP contribution in [-0.4, -0.2) is 58.6 Å². The summed E-state index contributed by atoms with van der Waals surface area (Å²) in [6, 6.07) is 30.2. The summed E-state index contributed by atoms with van der Waals surface area (Å²) >= 11 is 3.50. The number of aromatic nitrogens is 4. The molecular weight excluding hydrogens is 581 g/mol. The third kappa shape index (κ3) is 6.19. The molecule has 0 saturated carbocycles. The minimum atomic E-state index is 0.809. The highest BCUT2D eigenvalue weighted by Crippen LogP contribution is 2.33. The van der Waals surface area contributed by atoms with Crippen molar-refractivity contribution in [3.05, 3.63) is 84.9 Å². The van der Waals surface area contributed by atoms with Crippen LogP contribution in [0.4, 0.5) is 11.9 Å². The molecule has 2 aromatic heterocycles. The molecular formula is C36H36N6S2. The van der Waals surface area contributed by atoms with Gasteiger partial charge < -0.3 is 9.80 Å². The summed E-state index contributed by atoms with van der Waals surface area (Å²) in [5, 5.41) is 0. The average molecular weight is 617 g/mol. The molecule has 8 heteroatoms. The van der Waals surface area contributed by atoms with E-state index in [-0.39, 0.29) is 0 Å². The normalized spacial score (nSPS) is 14.9. The van der Waals surface area contributed by atoms with E-state index in [0.717, 1.165) is 83.1 Å². The molecule has 0 N–H and O–H groups in total. The molecule has 0 bridgehead atoms. The van der Waals surface area contributed by atoms with Crippen LogP contribution in [0.3, 0.4) is 0 Å². The molecule has 222 valence electrons. The van der Waals surface area contributed by atoms with Gasteiger partial charge in [-0.1, -0.05) is 42.5 Å². The molecule has 2 saturated heterocycles. The van der Waals surface area contributed by atoms with Crippen LogP contribution in [0.25, 0.3) is 45.0 Å². The lowest BCUT2D eigenvalue weighted by Crippen LogP contribution is -2.21. The Kier molecular flexibility index (Phi) is 8.53. The van der Waals surface area contributed by atoms with Gasteiger partial charge in [-0.15, -0.1) is 23.5 Å². The molecule has 44 heavy (non-hydrogen) atoms. The lowest BCUT2D eigenvalue weighted by molar-refractivity contribution is 0.901. The van der Waals surface area contributed by atoms with Crippen LogP contribution in [0, 0.1) is 0 Å². The van der Waals surface area contributed by atoms with Crippen molar-refractivity contribution in [2.24, 2.45) is 0 Å². The van der Waals surface area contributed by atoms with Gasteiger partial charge in [0.25, 0.3) is 0 Å². The van der Waals surface area contributed by atoms with Crippen LogP contribution >= 0.6 is 23.5 Å². The zero-order valence-electron chi connectivity index (χ0n) is 25.2. The SMILES string of the molecule is CSc1ccc(-c2cc(-c3cccc(-c4cc(-c5ccc(SC)cc5)nc(N5CCCC5)n4)c3)nc(N3CCCC3)n2)cc1. The summed E-state index contributed by atoms with van der Waals surface area (Å²) in [6.45, 7) is 3.98. The predicted molar refractivity (Wildman–Crippen MR) is 186 cm³/mol. The van der Waals surface area contributed by atoms with Gasteiger partial charge in [0, 0.05) is 58.2 Å². The Morgan fingerprint density at radius 3 is 1.18 bits per heavy atom. The first-order valence-electron chi connectivity index (χ1n) is 15.3. The van der Waals surface area contributed by atoms with E-state index >= 15 is 0 Å². The number of thioether (sulfide) groups is 2. The maximum atomic E-state index is 5.11. The molecule has 5 aromatic rings. The van der Waals surface area contributed by atoms with E-state index in [1.165, 1.54) is 35.5 Å². The van der Waals surface area contributed by atoms with Crippen LogP contribution in [-0.2, 0) is 0 Å². The van der Waals surface area contributed by atoms with E-state index in [0.29, 0.717) is 0 Å². The van der Waals surface area contributed by atoms with Gasteiger partial charge in [-0.05, 0) is 80.7 Å². The smallest absolute Gasteiger partial charge is 0.226 e.